The fourth-order valence-corrected chi connectivity index (χ4v) is 0. The molecule has 0 saturated carbocycles. The van der Waals surface area contributed by atoms with Gasteiger partial charge in [0.05, 0.1) is 0 Å². The molecule has 0 unspecified atom stereocenters. The SMILES string of the molecule is [W].[W].[W].[W].[W].[W].[W].[W].[W].[W].[W].[W].[W].[W].[W].[W].[W].[W]. The third-order valence-electron chi connectivity index (χ3n) is 0. The zero-order chi connectivity index (χ0) is 0. The Morgan fingerprint density at radius 2 is 0.0556 bits per heavy atom. The van der Waals surface area contributed by atoms with Crippen molar-refractivity contribution in [3.8, 4) is 0 Å². The van der Waals surface area contributed by atoms with Gasteiger partial charge < -0.3 is 0 Å². The van der Waals surface area contributed by atoms with E-state index in [4.69, 9.17) is 0 Å². The van der Waals surface area contributed by atoms with Crippen molar-refractivity contribution >= 4 is 0 Å². The maximum Gasteiger partial charge on any atom is 0 e. The Balaban J connectivity index is 0. The number of hydrogen-bond acceptors (Lipinski definition) is 0. The van der Waals surface area contributed by atoms with Crippen LogP contribution in [0.2, 0.25) is 0 Å². The summed E-state index contributed by atoms with van der Waals surface area (Å²) >= 11 is 0. The summed E-state index contributed by atoms with van der Waals surface area (Å²) in [5.74, 6) is 0. The smallest absolute Gasteiger partial charge is 0 e. The molecule has 0 bridgehead atoms. The van der Waals surface area contributed by atoms with Gasteiger partial charge in [0.1, 0.15) is 0 Å². The molecular weight excluding hydrogens is 3310 g/mol. The van der Waals surface area contributed by atoms with Crippen molar-refractivity contribution in [2.45, 2.75) is 0 Å². The summed E-state index contributed by atoms with van der Waals surface area (Å²) in [5, 5.41) is 0. The molecule has 0 spiro atoms. The molecule has 0 aliphatic heterocycles. The van der Waals surface area contributed by atoms with Crippen LogP contribution in [0.4, 0.5) is 0 Å². The van der Waals surface area contributed by atoms with E-state index in [1.807, 2.05) is 0 Å². The van der Waals surface area contributed by atoms with Gasteiger partial charge in [-0.1, -0.05) is 0 Å². The van der Waals surface area contributed by atoms with Gasteiger partial charge in [0.2, 0.25) is 0 Å². The van der Waals surface area contributed by atoms with E-state index in [2.05, 4.69) is 0 Å². The van der Waals surface area contributed by atoms with E-state index in [0.29, 0.717) is 0 Å². The zero-order valence-corrected chi connectivity index (χ0v) is 60.1. The van der Waals surface area contributed by atoms with Gasteiger partial charge >= 0.3 is 0 Å². The average molecular weight is 3310 g/mol. The Labute approximate surface area is 368 Å². The summed E-state index contributed by atoms with van der Waals surface area (Å²) < 4.78 is 0. The number of hydrogen-bond donors (Lipinski definition) is 0. The predicted octanol–water partition coefficient (Wildman–Crippen LogP) is -0.0450. The topological polar surface area (TPSA) is 0 Å². The van der Waals surface area contributed by atoms with Crippen LogP contribution in [0.25, 0.3) is 0 Å². The first-order valence-electron chi connectivity index (χ1n) is 0. The van der Waals surface area contributed by atoms with E-state index in [9.17, 15) is 0 Å². The van der Waals surface area contributed by atoms with Crippen molar-refractivity contribution in [3.05, 3.63) is 0 Å². The van der Waals surface area contributed by atoms with Gasteiger partial charge in [-0.15, -0.1) is 0 Å². The Kier molecular flexibility index (Phi) is 1470. The van der Waals surface area contributed by atoms with Gasteiger partial charge in [-0.25, -0.2) is 0 Å². The van der Waals surface area contributed by atoms with Crippen molar-refractivity contribution < 1.29 is 379 Å². The largest absolute Gasteiger partial charge is 0 e. The molecule has 0 aliphatic carbocycles. The molecule has 0 fully saturated rings. The van der Waals surface area contributed by atoms with E-state index in [1.165, 1.54) is 0 Å². The second kappa shape index (κ2) is 154. The van der Waals surface area contributed by atoms with E-state index in [-0.39, 0.29) is 379 Å². The van der Waals surface area contributed by atoms with Crippen LogP contribution >= 0.6 is 0 Å². The maximum atomic E-state index is 0. The average Bonchev–Trinajstić information content (AvgIpc) is 0. The van der Waals surface area contributed by atoms with E-state index >= 15 is 0 Å². The monoisotopic (exact) mass is 3310 g/mol. The van der Waals surface area contributed by atoms with Gasteiger partial charge in [0.25, 0.3) is 0 Å². The quantitative estimate of drug-likeness (QED) is 0.320. The summed E-state index contributed by atoms with van der Waals surface area (Å²) in [5.41, 5.74) is 0. The van der Waals surface area contributed by atoms with Crippen molar-refractivity contribution in [3.63, 3.8) is 0 Å². The third kappa shape index (κ3) is 139. The first-order chi connectivity index (χ1) is 0. The standard InChI is InChI=1S/18W. The van der Waals surface area contributed by atoms with Crippen molar-refractivity contribution in [2.24, 2.45) is 0 Å². The van der Waals surface area contributed by atoms with Crippen LogP contribution in [0.3, 0.4) is 0 Å². The molecular formula is W18. The van der Waals surface area contributed by atoms with Crippen LogP contribution in [0.1, 0.15) is 0 Å². The van der Waals surface area contributed by atoms with Crippen LogP contribution < -0.4 is 0 Å². The Bertz CT molecular complexity index is 0. The summed E-state index contributed by atoms with van der Waals surface area (Å²) in [7, 11) is 0. The van der Waals surface area contributed by atoms with E-state index < -0.39 is 0 Å². The molecule has 0 saturated heterocycles. The van der Waals surface area contributed by atoms with Crippen LogP contribution in [-0.2, 0) is 379 Å². The second-order valence-corrected chi connectivity index (χ2v) is 0. The molecule has 0 amide bonds. The molecule has 0 atom stereocenters. The van der Waals surface area contributed by atoms with Gasteiger partial charge in [-0.05, 0) is 0 Å². The summed E-state index contributed by atoms with van der Waals surface area (Å²) in [6.07, 6.45) is 0. The van der Waals surface area contributed by atoms with E-state index in [0.717, 1.165) is 0 Å². The molecule has 0 heterocycles. The minimum atomic E-state index is 0. The minimum Gasteiger partial charge on any atom is 0 e. The van der Waals surface area contributed by atoms with Crippen molar-refractivity contribution in [1.82, 2.24) is 0 Å². The van der Waals surface area contributed by atoms with Gasteiger partial charge in [0.15, 0.2) is 0 Å². The number of rotatable bonds is 0. The fourth-order valence-electron chi connectivity index (χ4n) is 0. The van der Waals surface area contributed by atoms with Crippen LogP contribution in [0.5, 0.6) is 0 Å². The summed E-state index contributed by atoms with van der Waals surface area (Å²) in [4.78, 5) is 0. The minimum absolute atomic E-state index is 0. The normalized spacial score (nSPS) is 0. The molecule has 108 valence electrons. The molecule has 0 aromatic carbocycles. The molecule has 0 nitrogen and oxygen atoms in total. The van der Waals surface area contributed by atoms with Crippen molar-refractivity contribution in [2.75, 3.05) is 0 Å². The van der Waals surface area contributed by atoms with Crippen LogP contribution in [0.15, 0.2) is 0 Å². The first kappa shape index (κ1) is 171. The molecule has 0 aromatic rings. The molecule has 0 rings (SSSR count). The Morgan fingerprint density at radius 3 is 0.0556 bits per heavy atom. The maximum absolute atomic E-state index is 0. The molecule has 0 aliphatic rings. The van der Waals surface area contributed by atoms with E-state index in [1.54, 1.807) is 0 Å². The predicted molar refractivity (Wildman–Crippen MR) is 0 cm³/mol. The summed E-state index contributed by atoms with van der Waals surface area (Å²) in [6, 6.07) is 0. The molecule has 18 heteroatoms. The molecule has 0 aromatic heterocycles. The fraction of sp³-hybridized carbons (Fsp3) is 0. The second-order valence-electron chi connectivity index (χ2n) is 0. The van der Waals surface area contributed by atoms with Gasteiger partial charge in [-0.2, -0.15) is 0 Å². The van der Waals surface area contributed by atoms with Crippen LogP contribution in [-0.4, -0.2) is 0 Å². The zero-order valence-electron chi connectivity index (χ0n) is 7.35. The van der Waals surface area contributed by atoms with Crippen molar-refractivity contribution in [1.29, 1.82) is 0 Å². The summed E-state index contributed by atoms with van der Waals surface area (Å²) in [6.45, 7) is 0. The van der Waals surface area contributed by atoms with Gasteiger partial charge in [-0.3, -0.25) is 0 Å². The molecule has 0 N–H and O–H groups in total. The molecule has 0 radical (unpaired) electrons. The van der Waals surface area contributed by atoms with Gasteiger partial charge in [0, 0.05) is 379 Å². The Morgan fingerprint density at radius 1 is 0.0556 bits per heavy atom. The van der Waals surface area contributed by atoms with Crippen LogP contribution in [0, 0.1) is 0 Å². The Hall–Kier alpha value is 12.4. The first-order valence-corrected chi connectivity index (χ1v) is 0. The molecule has 18 heavy (non-hydrogen) atoms. The third-order valence-corrected chi connectivity index (χ3v) is 0.